The average Bonchev–Trinajstić information content (AvgIpc) is 2.66. The van der Waals surface area contributed by atoms with Crippen LogP contribution in [0.5, 0.6) is 0 Å². The van der Waals surface area contributed by atoms with Crippen LogP contribution in [0.15, 0.2) is 18.2 Å². The molecule has 1 aromatic carbocycles. The molecule has 3 nitrogen and oxygen atoms in total. The van der Waals surface area contributed by atoms with Crippen molar-refractivity contribution in [2.24, 2.45) is 5.41 Å². The van der Waals surface area contributed by atoms with Crippen LogP contribution in [0.25, 0.3) is 0 Å². The van der Waals surface area contributed by atoms with Gasteiger partial charge in [-0.1, -0.05) is 0 Å². The zero-order chi connectivity index (χ0) is 15.0. The predicted octanol–water partition coefficient (Wildman–Crippen LogP) is 2.18. The molecule has 0 aromatic heterocycles. The van der Waals surface area contributed by atoms with Gasteiger partial charge in [0, 0.05) is 24.9 Å². The van der Waals surface area contributed by atoms with E-state index in [1.165, 1.54) is 12.1 Å². The van der Waals surface area contributed by atoms with Crippen LogP contribution in [0, 0.1) is 17.0 Å². The van der Waals surface area contributed by atoms with Crippen LogP contribution in [-0.4, -0.2) is 24.2 Å². The highest BCUT2D eigenvalue weighted by Gasteiger charge is 2.51. The number of piperidine rings is 1. The van der Waals surface area contributed by atoms with Crippen molar-refractivity contribution in [3.8, 4) is 0 Å². The van der Waals surface area contributed by atoms with Gasteiger partial charge in [0.05, 0.1) is 5.41 Å². The number of Topliss-reactive ketones (excluding diaryl/α,β-unsaturated/α-hetero) is 2. The maximum Gasteiger partial charge on any atom is 0.146 e. The van der Waals surface area contributed by atoms with E-state index in [-0.39, 0.29) is 17.6 Å². The van der Waals surface area contributed by atoms with Gasteiger partial charge in [-0.3, -0.25) is 9.59 Å². The highest BCUT2D eigenvalue weighted by atomic mass is 19.1. The minimum atomic E-state index is -0.845. The molecule has 1 atom stereocenters. The number of ketones is 2. The summed E-state index contributed by atoms with van der Waals surface area (Å²) in [5.74, 6) is -1.15. The van der Waals surface area contributed by atoms with Crippen LogP contribution in [-0.2, 0) is 16.0 Å². The van der Waals surface area contributed by atoms with E-state index < -0.39 is 17.0 Å². The molecule has 1 spiro atoms. The molecule has 1 aliphatic heterocycles. The third kappa shape index (κ3) is 2.62. The molecule has 21 heavy (non-hydrogen) atoms. The molecule has 2 fully saturated rings. The van der Waals surface area contributed by atoms with E-state index in [0.717, 1.165) is 6.07 Å². The van der Waals surface area contributed by atoms with E-state index in [2.05, 4.69) is 5.32 Å². The number of rotatable bonds is 2. The van der Waals surface area contributed by atoms with Crippen molar-refractivity contribution in [1.29, 1.82) is 0 Å². The second-order valence-electron chi connectivity index (χ2n) is 6.02. The van der Waals surface area contributed by atoms with Crippen LogP contribution in [0.2, 0.25) is 0 Å². The molecule has 0 amide bonds. The molecule has 1 unspecified atom stereocenters. The van der Waals surface area contributed by atoms with Gasteiger partial charge in [-0.05, 0) is 43.5 Å². The van der Waals surface area contributed by atoms with Crippen molar-refractivity contribution in [3.05, 3.63) is 35.4 Å². The van der Waals surface area contributed by atoms with Gasteiger partial charge < -0.3 is 5.32 Å². The first kappa shape index (κ1) is 14.3. The minimum Gasteiger partial charge on any atom is -0.314 e. The Morgan fingerprint density at radius 2 is 1.71 bits per heavy atom. The standard InChI is InChI=1S/C16H17F2NO2/c17-11-5-10(6-12(18)8-11)7-13-9-16(3-4-19-13)14(20)1-2-15(16)21/h5-6,8,13,19H,1-4,7,9H2. The van der Waals surface area contributed by atoms with Crippen LogP contribution >= 0.6 is 0 Å². The van der Waals surface area contributed by atoms with Crippen LogP contribution in [0.4, 0.5) is 8.78 Å². The minimum absolute atomic E-state index is 0.0319. The first-order chi connectivity index (χ1) is 9.99. The van der Waals surface area contributed by atoms with Crippen LogP contribution in [0.1, 0.15) is 31.2 Å². The van der Waals surface area contributed by atoms with E-state index >= 15 is 0 Å². The SMILES string of the molecule is O=C1CCC(=O)C12CCNC(Cc1cc(F)cc(F)c1)C2. The number of hydrogen-bond acceptors (Lipinski definition) is 3. The van der Waals surface area contributed by atoms with Gasteiger partial charge in [-0.25, -0.2) is 8.78 Å². The van der Waals surface area contributed by atoms with Crippen molar-refractivity contribution >= 4 is 11.6 Å². The summed E-state index contributed by atoms with van der Waals surface area (Å²) in [6.45, 7) is 0.583. The maximum absolute atomic E-state index is 13.2. The molecule has 1 N–H and O–H groups in total. The lowest BCUT2D eigenvalue weighted by molar-refractivity contribution is -0.137. The summed E-state index contributed by atoms with van der Waals surface area (Å²) in [7, 11) is 0. The lowest BCUT2D eigenvalue weighted by Crippen LogP contribution is -2.49. The molecule has 1 heterocycles. The Labute approximate surface area is 121 Å². The lowest BCUT2D eigenvalue weighted by atomic mass is 9.72. The van der Waals surface area contributed by atoms with Gasteiger partial charge in [0.1, 0.15) is 23.2 Å². The van der Waals surface area contributed by atoms with E-state index in [0.29, 0.717) is 44.2 Å². The van der Waals surface area contributed by atoms with Crippen molar-refractivity contribution in [1.82, 2.24) is 5.32 Å². The Kier molecular flexibility index (Phi) is 3.61. The maximum atomic E-state index is 13.2. The summed E-state index contributed by atoms with van der Waals surface area (Å²) in [5.41, 5.74) is -0.304. The summed E-state index contributed by atoms with van der Waals surface area (Å²) in [5, 5.41) is 3.25. The molecule has 2 aliphatic rings. The Morgan fingerprint density at radius 3 is 2.33 bits per heavy atom. The molecule has 3 rings (SSSR count). The van der Waals surface area contributed by atoms with Gasteiger partial charge in [0.15, 0.2) is 0 Å². The number of carbonyl (C=O) groups excluding carboxylic acids is 2. The van der Waals surface area contributed by atoms with E-state index in [4.69, 9.17) is 0 Å². The number of benzene rings is 1. The number of carbonyl (C=O) groups is 2. The summed E-state index contributed by atoms with van der Waals surface area (Å²) < 4.78 is 26.5. The van der Waals surface area contributed by atoms with E-state index in [1.54, 1.807) is 0 Å². The molecule has 1 aliphatic carbocycles. The van der Waals surface area contributed by atoms with Gasteiger partial charge in [-0.15, -0.1) is 0 Å². The summed E-state index contributed by atoms with van der Waals surface area (Å²) >= 11 is 0. The van der Waals surface area contributed by atoms with E-state index in [1.807, 2.05) is 0 Å². The Bertz CT molecular complexity index is 564. The zero-order valence-electron chi connectivity index (χ0n) is 11.6. The molecular weight excluding hydrogens is 276 g/mol. The molecule has 1 saturated heterocycles. The first-order valence-corrected chi connectivity index (χ1v) is 7.24. The topological polar surface area (TPSA) is 46.2 Å². The van der Waals surface area contributed by atoms with Gasteiger partial charge in [-0.2, -0.15) is 0 Å². The molecule has 112 valence electrons. The Hall–Kier alpha value is -1.62. The molecular formula is C16H17F2NO2. The second kappa shape index (κ2) is 5.30. The third-order valence-corrected chi connectivity index (χ3v) is 4.63. The van der Waals surface area contributed by atoms with Gasteiger partial charge >= 0.3 is 0 Å². The summed E-state index contributed by atoms with van der Waals surface area (Å²) in [6.07, 6.45) is 2.05. The van der Waals surface area contributed by atoms with Crippen molar-refractivity contribution in [3.63, 3.8) is 0 Å². The lowest BCUT2D eigenvalue weighted by Gasteiger charge is -2.36. The second-order valence-corrected chi connectivity index (χ2v) is 6.02. The molecule has 1 aromatic rings. The predicted molar refractivity (Wildman–Crippen MR) is 72.8 cm³/mol. The van der Waals surface area contributed by atoms with Gasteiger partial charge in [0.2, 0.25) is 0 Å². The molecule has 0 bridgehead atoms. The van der Waals surface area contributed by atoms with Crippen molar-refractivity contribution in [2.75, 3.05) is 6.54 Å². The Balaban J connectivity index is 1.77. The normalized spacial score (nSPS) is 24.8. The summed E-state index contributed by atoms with van der Waals surface area (Å²) in [6, 6.07) is 3.32. The fourth-order valence-electron chi connectivity index (χ4n) is 3.61. The fraction of sp³-hybridized carbons (Fsp3) is 0.500. The number of nitrogens with one attached hydrogen (secondary N) is 1. The smallest absolute Gasteiger partial charge is 0.146 e. The van der Waals surface area contributed by atoms with E-state index in [9.17, 15) is 18.4 Å². The van der Waals surface area contributed by atoms with Crippen LogP contribution in [0.3, 0.4) is 0 Å². The van der Waals surface area contributed by atoms with Crippen LogP contribution < -0.4 is 5.32 Å². The fourth-order valence-corrected chi connectivity index (χ4v) is 3.61. The first-order valence-electron chi connectivity index (χ1n) is 7.24. The quantitative estimate of drug-likeness (QED) is 0.850. The Morgan fingerprint density at radius 1 is 1.10 bits per heavy atom. The molecule has 5 heteroatoms. The molecule has 0 radical (unpaired) electrons. The monoisotopic (exact) mass is 293 g/mol. The van der Waals surface area contributed by atoms with Crippen molar-refractivity contribution in [2.45, 2.75) is 38.1 Å². The van der Waals surface area contributed by atoms with Crippen molar-refractivity contribution < 1.29 is 18.4 Å². The average molecular weight is 293 g/mol. The third-order valence-electron chi connectivity index (χ3n) is 4.63. The summed E-state index contributed by atoms with van der Waals surface area (Å²) in [4.78, 5) is 24.2. The highest BCUT2D eigenvalue weighted by molar-refractivity contribution is 6.13. The zero-order valence-corrected chi connectivity index (χ0v) is 11.6. The largest absolute Gasteiger partial charge is 0.314 e. The molecule has 1 saturated carbocycles. The van der Waals surface area contributed by atoms with Gasteiger partial charge in [0.25, 0.3) is 0 Å². The highest BCUT2D eigenvalue weighted by Crippen LogP contribution is 2.41. The number of hydrogen-bond donors (Lipinski definition) is 1. The number of halogens is 2.